The molecule has 1 unspecified atom stereocenters. The van der Waals surface area contributed by atoms with Crippen LogP contribution >= 0.6 is 0 Å². The molecule has 1 aliphatic rings. The van der Waals surface area contributed by atoms with Crippen LogP contribution < -0.4 is 9.64 Å². The Kier molecular flexibility index (Phi) is 5.89. The Morgan fingerprint density at radius 1 is 0.833 bits per heavy atom. The van der Waals surface area contributed by atoms with Crippen molar-refractivity contribution in [2.24, 2.45) is 0 Å². The Bertz CT molecular complexity index is 829. The first kappa shape index (κ1) is 23.5. The molecule has 0 N–H and O–H groups in total. The van der Waals surface area contributed by atoms with Crippen molar-refractivity contribution in [1.82, 2.24) is 0 Å². The Morgan fingerprint density at radius 3 is 1.70 bits per heavy atom. The number of ether oxygens (including phenoxy) is 1. The summed E-state index contributed by atoms with van der Waals surface area (Å²) < 4.78 is 123. The molecule has 0 spiro atoms. The van der Waals surface area contributed by atoms with Gasteiger partial charge in [-0.1, -0.05) is 6.92 Å². The molecular weight excluding hydrogens is 437 g/mol. The van der Waals surface area contributed by atoms with E-state index in [0.717, 1.165) is 43.3 Å². The van der Waals surface area contributed by atoms with Crippen LogP contribution in [0.3, 0.4) is 0 Å². The Balaban J connectivity index is 2.27. The quantitative estimate of drug-likeness (QED) is 0.446. The van der Waals surface area contributed by atoms with Gasteiger partial charge in [-0.05, 0) is 30.7 Å². The van der Waals surface area contributed by atoms with E-state index in [0.29, 0.717) is 4.90 Å². The van der Waals surface area contributed by atoms with Crippen molar-refractivity contribution in [2.45, 2.75) is 43.4 Å². The number of alkyl halides is 9. The van der Waals surface area contributed by atoms with Gasteiger partial charge in [-0.2, -0.15) is 39.5 Å². The first-order chi connectivity index (χ1) is 13.6. The number of rotatable bonds is 7. The maximum absolute atomic E-state index is 14.0. The van der Waals surface area contributed by atoms with Crippen molar-refractivity contribution < 1.29 is 53.8 Å². The lowest BCUT2D eigenvalue weighted by Gasteiger charge is -2.37. The molecule has 4 nitrogen and oxygen atoms in total. The van der Waals surface area contributed by atoms with E-state index in [1.165, 1.54) is 0 Å². The number of benzene rings is 1. The fraction of sp³-hybridized carbons (Fsp3) is 0.412. The number of carbonyl (C=O) groups excluding carboxylic acids is 2. The predicted octanol–water partition coefficient (Wildman–Crippen LogP) is 4.74. The second-order valence-corrected chi connectivity index (χ2v) is 6.12. The fourth-order valence-corrected chi connectivity index (χ4v) is 2.50. The molecule has 1 heterocycles. The summed E-state index contributed by atoms with van der Waals surface area (Å²) >= 11 is 0. The van der Waals surface area contributed by atoms with Gasteiger partial charge in [0.2, 0.25) is 0 Å². The van der Waals surface area contributed by atoms with Crippen molar-refractivity contribution in [3.8, 4) is 5.75 Å². The van der Waals surface area contributed by atoms with Crippen LogP contribution in [0, 0.1) is 0 Å². The molecule has 0 saturated heterocycles. The summed E-state index contributed by atoms with van der Waals surface area (Å²) in [5, 5.41) is 0. The first-order valence-electron chi connectivity index (χ1n) is 8.11. The van der Waals surface area contributed by atoms with Gasteiger partial charge in [-0.15, -0.1) is 0 Å². The van der Waals surface area contributed by atoms with Gasteiger partial charge in [0.05, 0.1) is 5.69 Å². The van der Waals surface area contributed by atoms with Crippen LogP contribution in [0.25, 0.3) is 0 Å². The number of hydrogen-bond donors (Lipinski definition) is 0. The normalized spacial score (nSPS) is 16.9. The van der Waals surface area contributed by atoms with Crippen molar-refractivity contribution in [2.75, 3.05) is 4.90 Å². The number of anilines is 1. The van der Waals surface area contributed by atoms with Crippen LogP contribution in [0.5, 0.6) is 5.75 Å². The molecule has 0 aliphatic carbocycles. The third kappa shape index (κ3) is 3.72. The molecule has 0 radical (unpaired) electrons. The standard InChI is InChI=1S/C17H12F9NO3/c1-2-11(14(18,19)15(20,21)16(22,23)17(24,25)26)30-10-5-3-9(4-6-10)27-12(28)7-8-13(27)29/h3-8,11H,2H2,1H3. The van der Waals surface area contributed by atoms with E-state index in [4.69, 9.17) is 0 Å². The lowest BCUT2D eigenvalue weighted by atomic mass is 9.97. The number of carbonyl (C=O) groups is 2. The van der Waals surface area contributed by atoms with Gasteiger partial charge >= 0.3 is 23.9 Å². The van der Waals surface area contributed by atoms with Crippen LogP contribution in [0.1, 0.15) is 13.3 Å². The van der Waals surface area contributed by atoms with E-state index in [1.807, 2.05) is 0 Å². The minimum Gasteiger partial charge on any atom is -0.484 e. The average molecular weight is 449 g/mol. The van der Waals surface area contributed by atoms with Gasteiger partial charge in [-0.3, -0.25) is 9.59 Å². The topological polar surface area (TPSA) is 46.6 Å². The van der Waals surface area contributed by atoms with Crippen molar-refractivity contribution >= 4 is 17.5 Å². The van der Waals surface area contributed by atoms with Gasteiger partial charge in [0.25, 0.3) is 11.8 Å². The van der Waals surface area contributed by atoms with E-state index >= 15 is 0 Å². The molecule has 0 bridgehead atoms. The molecule has 1 atom stereocenters. The third-order valence-electron chi connectivity index (χ3n) is 4.13. The Labute approximate surface area is 162 Å². The van der Waals surface area contributed by atoms with Crippen molar-refractivity contribution in [1.29, 1.82) is 0 Å². The maximum Gasteiger partial charge on any atom is 0.460 e. The van der Waals surface area contributed by atoms with E-state index in [1.54, 1.807) is 0 Å². The molecular formula is C17H12F9NO3. The van der Waals surface area contributed by atoms with Gasteiger partial charge < -0.3 is 4.74 Å². The molecule has 2 amide bonds. The van der Waals surface area contributed by atoms with E-state index < -0.39 is 54.0 Å². The number of halogens is 9. The highest BCUT2D eigenvalue weighted by atomic mass is 19.4. The zero-order valence-electron chi connectivity index (χ0n) is 14.8. The van der Waals surface area contributed by atoms with Gasteiger partial charge in [0.1, 0.15) is 5.75 Å². The van der Waals surface area contributed by atoms with E-state index in [9.17, 15) is 49.1 Å². The first-order valence-corrected chi connectivity index (χ1v) is 8.11. The molecule has 13 heteroatoms. The van der Waals surface area contributed by atoms with Gasteiger partial charge in [0, 0.05) is 12.2 Å². The predicted molar refractivity (Wildman–Crippen MR) is 83.7 cm³/mol. The van der Waals surface area contributed by atoms with Crippen LogP contribution in [0.15, 0.2) is 36.4 Å². The highest BCUT2D eigenvalue weighted by molar-refractivity contribution is 6.28. The molecule has 1 aliphatic heterocycles. The van der Waals surface area contributed by atoms with E-state index in [-0.39, 0.29) is 5.69 Å². The van der Waals surface area contributed by atoms with Crippen LogP contribution in [-0.4, -0.2) is 41.9 Å². The average Bonchev–Trinajstić information content (AvgIpc) is 2.97. The summed E-state index contributed by atoms with van der Waals surface area (Å²) in [5.41, 5.74) is -0.0453. The second-order valence-electron chi connectivity index (χ2n) is 6.12. The largest absolute Gasteiger partial charge is 0.484 e. The zero-order chi connectivity index (χ0) is 23.1. The molecule has 1 aromatic rings. The maximum atomic E-state index is 14.0. The highest BCUT2D eigenvalue weighted by Gasteiger charge is 2.83. The lowest BCUT2D eigenvalue weighted by Crippen LogP contribution is -2.65. The van der Waals surface area contributed by atoms with Gasteiger partial charge in [-0.25, -0.2) is 4.90 Å². The van der Waals surface area contributed by atoms with Crippen molar-refractivity contribution in [3.63, 3.8) is 0 Å². The minimum absolute atomic E-state index is 0.0453. The summed E-state index contributed by atoms with van der Waals surface area (Å²) in [6.45, 7) is 0.821. The third-order valence-corrected chi connectivity index (χ3v) is 4.13. The van der Waals surface area contributed by atoms with Crippen LogP contribution in [0.2, 0.25) is 0 Å². The summed E-state index contributed by atoms with van der Waals surface area (Å²) in [6.07, 6.45) is -9.14. The highest BCUT2D eigenvalue weighted by Crippen LogP contribution is 2.54. The lowest BCUT2D eigenvalue weighted by molar-refractivity contribution is -0.404. The summed E-state index contributed by atoms with van der Waals surface area (Å²) in [7, 11) is 0. The molecule has 1 aromatic carbocycles. The zero-order valence-corrected chi connectivity index (χ0v) is 14.8. The molecule has 30 heavy (non-hydrogen) atoms. The number of hydrogen-bond acceptors (Lipinski definition) is 3. The summed E-state index contributed by atoms with van der Waals surface area (Å²) in [5.74, 6) is -21.8. The smallest absolute Gasteiger partial charge is 0.460 e. The molecule has 166 valence electrons. The second kappa shape index (κ2) is 7.51. The number of nitrogens with zero attached hydrogens (tertiary/aromatic N) is 1. The minimum atomic E-state index is -7.02. The molecule has 0 aromatic heterocycles. The Morgan fingerprint density at radius 2 is 1.30 bits per heavy atom. The molecule has 0 fully saturated rings. The van der Waals surface area contributed by atoms with E-state index in [2.05, 4.69) is 4.74 Å². The van der Waals surface area contributed by atoms with Crippen LogP contribution in [-0.2, 0) is 9.59 Å². The summed E-state index contributed by atoms with van der Waals surface area (Å²) in [4.78, 5) is 23.8. The SMILES string of the molecule is CCC(Oc1ccc(N2C(=O)C=CC2=O)cc1)C(F)(F)C(F)(F)C(F)(F)C(F)(F)F. The molecule has 0 saturated carbocycles. The summed E-state index contributed by atoms with van der Waals surface area (Å²) in [6, 6.07) is 3.72. The fourth-order valence-electron chi connectivity index (χ4n) is 2.50. The number of amides is 2. The number of imide groups is 1. The Hall–Kier alpha value is -2.73. The monoisotopic (exact) mass is 449 g/mol. The van der Waals surface area contributed by atoms with Crippen molar-refractivity contribution in [3.05, 3.63) is 36.4 Å². The molecule has 2 rings (SSSR count). The van der Waals surface area contributed by atoms with Gasteiger partial charge in [0.15, 0.2) is 6.10 Å². The van der Waals surface area contributed by atoms with Crippen LogP contribution in [0.4, 0.5) is 45.2 Å².